The predicted octanol–water partition coefficient (Wildman–Crippen LogP) is 2.17. The minimum absolute atomic E-state index is 0.0127. The maximum atomic E-state index is 12.0. The standard InChI is InChI=1S/C14H26N2O3/c1-10(2)11(3)9-15-14(19)16-6-4-12(5-7-16)8-13(17)18/h10-12H,4-9H2,1-3H3,(H,15,19)(H,17,18). The monoisotopic (exact) mass is 270 g/mol. The zero-order valence-electron chi connectivity index (χ0n) is 12.2. The molecule has 0 aromatic carbocycles. The molecule has 1 aliphatic rings. The topological polar surface area (TPSA) is 69.6 Å². The van der Waals surface area contributed by atoms with Gasteiger partial charge in [0.15, 0.2) is 0 Å². The van der Waals surface area contributed by atoms with Crippen LogP contribution in [-0.2, 0) is 4.79 Å². The molecule has 19 heavy (non-hydrogen) atoms. The number of urea groups is 1. The van der Waals surface area contributed by atoms with Gasteiger partial charge < -0.3 is 15.3 Å². The van der Waals surface area contributed by atoms with Crippen molar-refractivity contribution in [2.75, 3.05) is 19.6 Å². The second-order valence-corrected chi connectivity index (χ2v) is 5.94. The van der Waals surface area contributed by atoms with Crippen LogP contribution in [0.3, 0.4) is 0 Å². The maximum absolute atomic E-state index is 12.0. The molecule has 2 amide bonds. The molecule has 0 aliphatic carbocycles. The molecule has 1 fully saturated rings. The number of piperidine rings is 1. The van der Waals surface area contributed by atoms with E-state index in [9.17, 15) is 9.59 Å². The molecule has 0 bridgehead atoms. The molecule has 2 N–H and O–H groups in total. The van der Waals surface area contributed by atoms with E-state index in [1.165, 1.54) is 0 Å². The summed E-state index contributed by atoms with van der Waals surface area (Å²) in [6.07, 6.45) is 1.80. The minimum Gasteiger partial charge on any atom is -0.481 e. The van der Waals surface area contributed by atoms with Crippen LogP contribution in [0.25, 0.3) is 0 Å². The normalized spacial score (nSPS) is 18.4. The van der Waals surface area contributed by atoms with E-state index in [2.05, 4.69) is 26.1 Å². The van der Waals surface area contributed by atoms with Crippen molar-refractivity contribution in [1.29, 1.82) is 0 Å². The van der Waals surface area contributed by atoms with Gasteiger partial charge in [0, 0.05) is 26.1 Å². The maximum Gasteiger partial charge on any atom is 0.317 e. The van der Waals surface area contributed by atoms with Crippen LogP contribution in [0.1, 0.15) is 40.0 Å². The quantitative estimate of drug-likeness (QED) is 0.804. The fourth-order valence-electron chi connectivity index (χ4n) is 2.18. The van der Waals surface area contributed by atoms with Crippen LogP contribution >= 0.6 is 0 Å². The Balaban J connectivity index is 2.27. The number of nitrogens with zero attached hydrogens (tertiary/aromatic N) is 1. The van der Waals surface area contributed by atoms with Crippen molar-refractivity contribution in [3.8, 4) is 0 Å². The van der Waals surface area contributed by atoms with Gasteiger partial charge >= 0.3 is 12.0 Å². The van der Waals surface area contributed by atoms with E-state index in [0.29, 0.717) is 31.5 Å². The Labute approximate surface area is 115 Å². The van der Waals surface area contributed by atoms with Gasteiger partial charge in [-0.05, 0) is 30.6 Å². The number of carboxylic acids is 1. The highest BCUT2D eigenvalue weighted by molar-refractivity contribution is 5.74. The third-order valence-electron chi connectivity index (χ3n) is 4.08. The van der Waals surface area contributed by atoms with Crippen LogP contribution in [0, 0.1) is 17.8 Å². The summed E-state index contributed by atoms with van der Waals surface area (Å²) in [6, 6.07) is -0.0127. The molecule has 0 radical (unpaired) electrons. The zero-order valence-corrected chi connectivity index (χ0v) is 12.2. The Morgan fingerprint density at radius 1 is 1.26 bits per heavy atom. The van der Waals surface area contributed by atoms with E-state index in [0.717, 1.165) is 12.8 Å². The number of nitrogens with one attached hydrogen (secondary N) is 1. The molecule has 0 spiro atoms. The number of likely N-dealkylation sites (tertiary alicyclic amines) is 1. The lowest BCUT2D eigenvalue weighted by atomic mass is 9.94. The van der Waals surface area contributed by atoms with Crippen molar-refractivity contribution in [1.82, 2.24) is 10.2 Å². The summed E-state index contributed by atoms with van der Waals surface area (Å²) in [6.45, 7) is 8.46. The smallest absolute Gasteiger partial charge is 0.317 e. The first kappa shape index (κ1) is 15.8. The van der Waals surface area contributed by atoms with Crippen LogP contribution in [0.4, 0.5) is 4.79 Å². The molecule has 1 saturated heterocycles. The average molecular weight is 270 g/mol. The fraction of sp³-hybridized carbons (Fsp3) is 0.857. The number of carbonyl (C=O) groups excluding carboxylic acids is 1. The summed E-state index contributed by atoms with van der Waals surface area (Å²) in [4.78, 5) is 24.4. The van der Waals surface area contributed by atoms with E-state index in [4.69, 9.17) is 5.11 Å². The molecule has 110 valence electrons. The zero-order chi connectivity index (χ0) is 14.4. The SMILES string of the molecule is CC(C)C(C)CNC(=O)N1CCC(CC(=O)O)CC1. The van der Waals surface area contributed by atoms with Crippen LogP contribution in [0.5, 0.6) is 0 Å². The van der Waals surface area contributed by atoms with Gasteiger partial charge in [0.25, 0.3) is 0 Å². The summed E-state index contributed by atoms with van der Waals surface area (Å²) in [7, 11) is 0. The molecule has 5 nitrogen and oxygen atoms in total. The average Bonchev–Trinajstić information content (AvgIpc) is 2.35. The highest BCUT2D eigenvalue weighted by Gasteiger charge is 2.24. The van der Waals surface area contributed by atoms with E-state index < -0.39 is 5.97 Å². The third-order valence-corrected chi connectivity index (χ3v) is 4.08. The molecule has 5 heteroatoms. The van der Waals surface area contributed by atoms with Gasteiger partial charge in [-0.25, -0.2) is 4.79 Å². The Bertz CT molecular complexity index is 310. The van der Waals surface area contributed by atoms with Gasteiger partial charge in [0.2, 0.25) is 0 Å². The summed E-state index contributed by atoms with van der Waals surface area (Å²) >= 11 is 0. The van der Waals surface area contributed by atoms with Crippen LogP contribution in [0.2, 0.25) is 0 Å². The summed E-state index contributed by atoms with van der Waals surface area (Å²) in [5.74, 6) is 0.500. The van der Waals surface area contributed by atoms with E-state index in [1.807, 2.05) is 0 Å². The van der Waals surface area contributed by atoms with Crippen LogP contribution in [0.15, 0.2) is 0 Å². The van der Waals surface area contributed by atoms with Gasteiger partial charge in [-0.2, -0.15) is 0 Å². The van der Waals surface area contributed by atoms with Crippen molar-refractivity contribution in [2.45, 2.75) is 40.0 Å². The number of amides is 2. The first-order valence-corrected chi connectivity index (χ1v) is 7.14. The second-order valence-electron chi connectivity index (χ2n) is 5.94. The van der Waals surface area contributed by atoms with Gasteiger partial charge in [-0.1, -0.05) is 20.8 Å². The van der Waals surface area contributed by atoms with Crippen LogP contribution in [-0.4, -0.2) is 41.6 Å². The molecule has 1 atom stereocenters. The lowest BCUT2D eigenvalue weighted by molar-refractivity contribution is -0.138. The Kier molecular flexibility index (Phi) is 6.12. The summed E-state index contributed by atoms with van der Waals surface area (Å²) < 4.78 is 0. The number of hydrogen-bond acceptors (Lipinski definition) is 2. The van der Waals surface area contributed by atoms with Gasteiger partial charge in [0.1, 0.15) is 0 Å². The summed E-state index contributed by atoms with van der Waals surface area (Å²) in [5, 5.41) is 11.7. The number of carbonyl (C=O) groups is 2. The van der Waals surface area contributed by atoms with Gasteiger partial charge in [-0.15, -0.1) is 0 Å². The summed E-state index contributed by atoms with van der Waals surface area (Å²) in [5.41, 5.74) is 0. The highest BCUT2D eigenvalue weighted by Crippen LogP contribution is 2.20. The Hall–Kier alpha value is -1.26. The molecular weight excluding hydrogens is 244 g/mol. The first-order chi connectivity index (χ1) is 8.90. The second kappa shape index (κ2) is 7.36. The van der Waals surface area contributed by atoms with Crippen molar-refractivity contribution < 1.29 is 14.7 Å². The molecular formula is C14H26N2O3. The Morgan fingerprint density at radius 3 is 2.32 bits per heavy atom. The van der Waals surface area contributed by atoms with Crippen LogP contribution < -0.4 is 5.32 Å². The number of aliphatic carboxylic acids is 1. The lowest BCUT2D eigenvalue weighted by Crippen LogP contribution is -2.46. The third kappa shape index (κ3) is 5.49. The minimum atomic E-state index is -0.742. The molecule has 1 unspecified atom stereocenters. The number of hydrogen-bond donors (Lipinski definition) is 2. The van der Waals surface area contributed by atoms with Gasteiger partial charge in [0.05, 0.1) is 0 Å². The molecule has 1 heterocycles. The Morgan fingerprint density at radius 2 is 1.84 bits per heavy atom. The molecule has 0 saturated carbocycles. The predicted molar refractivity (Wildman–Crippen MR) is 74.0 cm³/mol. The first-order valence-electron chi connectivity index (χ1n) is 7.14. The van der Waals surface area contributed by atoms with Gasteiger partial charge in [-0.3, -0.25) is 4.79 Å². The number of rotatable bonds is 5. The van der Waals surface area contributed by atoms with Crippen molar-refractivity contribution in [3.05, 3.63) is 0 Å². The molecule has 1 rings (SSSR count). The van der Waals surface area contributed by atoms with Crippen molar-refractivity contribution >= 4 is 12.0 Å². The van der Waals surface area contributed by atoms with E-state index in [1.54, 1.807) is 4.90 Å². The highest BCUT2D eigenvalue weighted by atomic mass is 16.4. The van der Waals surface area contributed by atoms with Crippen molar-refractivity contribution in [2.24, 2.45) is 17.8 Å². The molecule has 0 aromatic rings. The number of carboxylic acid groups (broad SMARTS) is 1. The molecule has 0 aromatic heterocycles. The van der Waals surface area contributed by atoms with E-state index >= 15 is 0 Å². The largest absolute Gasteiger partial charge is 0.481 e. The fourth-order valence-corrected chi connectivity index (χ4v) is 2.18. The van der Waals surface area contributed by atoms with E-state index in [-0.39, 0.29) is 18.4 Å². The lowest BCUT2D eigenvalue weighted by Gasteiger charge is -2.31. The van der Waals surface area contributed by atoms with Crippen molar-refractivity contribution in [3.63, 3.8) is 0 Å². The molecule has 1 aliphatic heterocycles.